The number of ether oxygens (including phenoxy) is 1. The third kappa shape index (κ3) is 5.80. The molecule has 0 radical (unpaired) electrons. The van der Waals surface area contributed by atoms with Gasteiger partial charge >= 0.3 is 12.1 Å². The monoisotopic (exact) mass is 333 g/mol. The molecule has 0 aliphatic heterocycles. The van der Waals surface area contributed by atoms with Crippen molar-refractivity contribution < 1.29 is 32.6 Å². The molecular weight excluding hydrogens is 315 g/mol. The predicted molar refractivity (Wildman–Crippen MR) is 76.0 cm³/mol. The van der Waals surface area contributed by atoms with E-state index in [1.807, 2.05) is 0 Å². The Morgan fingerprint density at radius 1 is 1.26 bits per heavy atom. The van der Waals surface area contributed by atoms with Crippen LogP contribution in [0.1, 0.15) is 25.8 Å². The summed E-state index contributed by atoms with van der Waals surface area (Å²) in [7, 11) is 0. The molecule has 2 N–H and O–H groups in total. The Balaban J connectivity index is 2.57. The summed E-state index contributed by atoms with van der Waals surface area (Å²) in [5.74, 6) is -1.98. The zero-order chi connectivity index (χ0) is 17.6. The van der Waals surface area contributed by atoms with Crippen LogP contribution in [0.2, 0.25) is 0 Å². The van der Waals surface area contributed by atoms with E-state index in [1.165, 1.54) is 0 Å². The van der Waals surface area contributed by atoms with E-state index in [-0.39, 0.29) is 11.7 Å². The Labute approximate surface area is 131 Å². The lowest BCUT2D eigenvalue weighted by Crippen LogP contribution is -2.46. The van der Waals surface area contributed by atoms with Crippen molar-refractivity contribution in [3.05, 3.63) is 29.8 Å². The highest BCUT2D eigenvalue weighted by Crippen LogP contribution is 2.30. The molecule has 0 aliphatic carbocycles. The van der Waals surface area contributed by atoms with Gasteiger partial charge in [0.25, 0.3) is 5.91 Å². The zero-order valence-corrected chi connectivity index (χ0v) is 12.7. The van der Waals surface area contributed by atoms with Gasteiger partial charge in [-0.05, 0) is 30.2 Å². The van der Waals surface area contributed by atoms with E-state index in [2.05, 4.69) is 5.32 Å². The minimum Gasteiger partial charge on any atom is -0.484 e. The standard InChI is InChI=1S/C15H18F3NO4/c1-3-9(2)13(14(21)22)19-12(20)8-23-11-6-4-10(5-7-11)15(16,17)18/h4-7,9,13H,3,8H2,1-2H3,(H,19,20)(H,21,22)/t9-,13-/m0/s1. The fourth-order valence-corrected chi connectivity index (χ4v) is 1.79. The molecule has 8 heteroatoms. The maximum absolute atomic E-state index is 12.4. The van der Waals surface area contributed by atoms with Gasteiger partial charge in [-0.15, -0.1) is 0 Å². The van der Waals surface area contributed by atoms with Crippen molar-refractivity contribution in [2.24, 2.45) is 5.92 Å². The molecule has 1 aromatic rings. The number of benzene rings is 1. The number of hydrogen-bond acceptors (Lipinski definition) is 3. The Hall–Kier alpha value is -2.25. The minimum absolute atomic E-state index is 0.0866. The summed E-state index contributed by atoms with van der Waals surface area (Å²) in [5, 5.41) is 11.4. The molecule has 5 nitrogen and oxygen atoms in total. The highest BCUT2D eigenvalue weighted by molar-refractivity contribution is 5.84. The fraction of sp³-hybridized carbons (Fsp3) is 0.467. The number of carbonyl (C=O) groups excluding carboxylic acids is 1. The number of halogens is 3. The van der Waals surface area contributed by atoms with Gasteiger partial charge in [0.1, 0.15) is 11.8 Å². The lowest BCUT2D eigenvalue weighted by molar-refractivity contribution is -0.143. The van der Waals surface area contributed by atoms with E-state index in [0.29, 0.717) is 6.42 Å². The average Bonchev–Trinajstić information content (AvgIpc) is 2.49. The normalized spacial score (nSPS) is 14.0. The van der Waals surface area contributed by atoms with Gasteiger partial charge in [-0.3, -0.25) is 4.79 Å². The lowest BCUT2D eigenvalue weighted by atomic mass is 9.99. The number of carboxylic acids is 1. The van der Waals surface area contributed by atoms with Gasteiger partial charge in [0.05, 0.1) is 5.56 Å². The molecule has 0 spiro atoms. The molecule has 0 saturated heterocycles. The number of nitrogens with one attached hydrogen (secondary N) is 1. The van der Waals surface area contributed by atoms with E-state index < -0.39 is 36.3 Å². The third-order valence-corrected chi connectivity index (χ3v) is 3.35. The van der Waals surface area contributed by atoms with Crippen LogP contribution >= 0.6 is 0 Å². The molecule has 23 heavy (non-hydrogen) atoms. The number of hydrogen-bond donors (Lipinski definition) is 2. The number of aliphatic carboxylic acids is 1. The molecule has 2 atom stereocenters. The molecule has 1 rings (SSSR count). The van der Waals surface area contributed by atoms with Crippen molar-refractivity contribution in [1.29, 1.82) is 0 Å². The molecule has 0 saturated carbocycles. The van der Waals surface area contributed by atoms with Crippen LogP contribution in [0.3, 0.4) is 0 Å². The van der Waals surface area contributed by atoms with Crippen LogP contribution in [0.15, 0.2) is 24.3 Å². The maximum Gasteiger partial charge on any atom is 0.416 e. The maximum atomic E-state index is 12.4. The molecule has 0 aromatic heterocycles. The number of rotatable bonds is 7. The number of amides is 1. The second-order valence-electron chi connectivity index (χ2n) is 5.08. The topological polar surface area (TPSA) is 75.6 Å². The summed E-state index contributed by atoms with van der Waals surface area (Å²) in [4.78, 5) is 22.8. The zero-order valence-electron chi connectivity index (χ0n) is 12.7. The molecule has 1 aromatic carbocycles. The first kappa shape index (κ1) is 18.8. The van der Waals surface area contributed by atoms with E-state index >= 15 is 0 Å². The number of carboxylic acid groups (broad SMARTS) is 1. The Morgan fingerprint density at radius 3 is 2.26 bits per heavy atom. The van der Waals surface area contributed by atoms with Gasteiger partial charge in [0.15, 0.2) is 6.61 Å². The molecule has 0 unspecified atom stereocenters. The van der Waals surface area contributed by atoms with Gasteiger partial charge < -0.3 is 15.2 Å². The van der Waals surface area contributed by atoms with Crippen LogP contribution in [0.25, 0.3) is 0 Å². The van der Waals surface area contributed by atoms with Crippen molar-refractivity contribution >= 4 is 11.9 Å². The first-order valence-corrected chi connectivity index (χ1v) is 6.97. The second kappa shape index (κ2) is 7.85. The van der Waals surface area contributed by atoms with Crippen LogP contribution < -0.4 is 10.1 Å². The molecule has 0 heterocycles. The summed E-state index contributed by atoms with van der Waals surface area (Å²) in [6, 6.07) is 2.83. The van der Waals surface area contributed by atoms with Crippen molar-refractivity contribution in [2.75, 3.05) is 6.61 Å². The molecule has 128 valence electrons. The molecular formula is C15H18F3NO4. The van der Waals surface area contributed by atoms with Crippen LogP contribution in [0.4, 0.5) is 13.2 Å². The lowest BCUT2D eigenvalue weighted by Gasteiger charge is -2.20. The van der Waals surface area contributed by atoms with Crippen LogP contribution in [-0.4, -0.2) is 29.6 Å². The summed E-state index contributed by atoms with van der Waals surface area (Å²) in [6.07, 6.45) is -3.88. The first-order chi connectivity index (χ1) is 10.6. The Morgan fingerprint density at radius 2 is 1.83 bits per heavy atom. The summed E-state index contributed by atoms with van der Waals surface area (Å²) in [6.45, 7) is 3.01. The van der Waals surface area contributed by atoms with Gasteiger partial charge in [0.2, 0.25) is 0 Å². The van der Waals surface area contributed by atoms with E-state index in [9.17, 15) is 22.8 Å². The highest BCUT2D eigenvalue weighted by atomic mass is 19.4. The second-order valence-corrected chi connectivity index (χ2v) is 5.08. The van der Waals surface area contributed by atoms with Crippen molar-refractivity contribution in [2.45, 2.75) is 32.5 Å². The molecule has 0 fully saturated rings. The van der Waals surface area contributed by atoms with E-state index in [0.717, 1.165) is 24.3 Å². The van der Waals surface area contributed by atoms with Gasteiger partial charge in [0, 0.05) is 0 Å². The summed E-state index contributed by atoms with van der Waals surface area (Å²) in [5.41, 5.74) is -0.822. The van der Waals surface area contributed by atoms with Gasteiger partial charge in [-0.2, -0.15) is 13.2 Å². The Bertz CT molecular complexity index is 543. The largest absolute Gasteiger partial charge is 0.484 e. The van der Waals surface area contributed by atoms with Gasteiger partial charge in [-0.25, -0.2) is 4.79 Å². The highest BCUT2D eigenvalue weighted by Gasteiger charge is 2.30. The quantitative estimate of drug-likeness (QED) is 0.804. The van der Waals surface area contributed by atoms with E-state index in [1.54, 1.807) is 13.8 Å². The molecule has 1 amide bonds. The SMILES string of the molecule is CC[C@H](C)[C@H](NC(=O)COc1ccc(C(F)(F)F)cc1)C(=O)O. The summed E-state index contributed by atoms with van der Waals surface area (Å²) < 4.78 is 42.3. The van der Waals surface area contributed by atoms with Gasteiger partial charge in [-0.1, -0.05) is 20.3 Å². The van der Waals surface area contributed by atoms with Crippen molar-refractivity contribution in [3.8, 4) is 5.75 Å². The number of carbonyl (C=O) groups is 2. The van der Waals surface area contributed by atoms with Crippen LogP contribution in [0.5, 0.6) is 5.75 Å². The molecule has 0 aliphatic rings. The summed E-state index contributed by atoms with van der Waals surface area (Å²) >= 11 is 0. The fourth-order valence-electron chi connectivity index (χ4n) is 1.79. The first-order valence-electron chi connectivity index (χ1n) is 6.97. The third-order valence-electron chi connectivity index (χ3n) is 3.35. The van der Waals surface area contributed by atoms with Crippen LogP contribution in [-0.2, 0) is 15.8 Å². The average molecular weight is 333 g/mol. The minimum atomic E-state index is -4.44. The molecule has 0 bridgehead atoms. The Kier molecular flexibility index (Phi) is 6.41. The van der Waals surface area contributed by atoms with Crippen molar-refractivity contribution in [3.63, 3.8) is 0 Å². The smallest absolute Gasteiger partial charge is 0.416 e. The van der Waals surface area contributed by atoms with E-state index in [4.69, 9.17) is 9.84 Å². The van der Waals surface area contributed by atoms with Crippen molar-refractivity contribution in [1.82, 2.24) is 5.32 Å². The number of alkyl halides is 3. The predicted octanol–water partition coefficient (Wildman–Crippen LogP) is 2.70. The van der Waals surface area contributed by atoms with Crippen LogP contribution in [0, 0.1) is 5.92 Å².